The summed E-state index contributed by atoms with van der Waals surface area (Å²) in [6, 6.07) is 14.4. The average molecular weight is 256 g/mol. The van der Waals surface area contributed by atoms with Crippen molar-refractivity contribution < 1.29 is 14.3 Å². The topological polar surface area (TPSA) is 81.4 Å². The first kappa shape index (κ1) is 12.6. The first-order valence-electron chi connectivity index (χ1n) is 5.59. The molecule has 0 aromatic heterocycles. The van der Waals surface area contributed by atoms with Gasteiger partial charge in [-0.1, -0.05) is 18.2 Å². The van der Waals surface area contributed by atoms with Gasteiger partial charge in [0.25, 0.3) is 0 Å². The molecule has 19 heavy (non-hydrogen) atoms. The quantitative estimate of drug-likeness (QED) is 0.653. The van der Waals surface area contributed by atoms with Gasteiger partial charge in [0.1, 0.15) is 5.75 Å². The normalized spacial score (nSPS) is 9.68. The van der Waals surface area contributed by atoms with Crippen LogP contribution in [0.2, 0.25) is 0 Å². The van der Waals surface area contributed by atoms with Gasteiger partial charge in [0, 0.05) is 5.69 Å². The minimum absolute atomic E-state index is 0.392. The Balaban J connectivity index is 2.04. The van der Waals surface area contributed by atoms with E-state index >= 15 is 0 Å². The van der Waals surface area contributed by atoms with E-state index in [1.165, 1.54) is 0 Å². The van der Waals surface area contributed by atoms with Gasteiger partial charge in [0.2, 0.25) is 0 Å². The maximum Gasteiger partial charge on any atom is 0.343 e. The third-order valence-electron chi connectivity index (χ3n) is 2.34. The van der Waals surface area contributed by atoms with Crippen LogP contribution in [0.5, 0.6) is 5.75 Å². The number of anilines is 1. The van der Waals surface area contributed by atoms with Gasteiger partial charge in [-0.25, -0.2) is 9.59 Å². The molecule has 5 heteroatoms. The van der Waals surface area contributed by atoms with Crippen LogP contribution in [0.25, 0.3) is 0 Å². The van der Waals surface area contributed by atoms with Gasteiger partial charge in [0.05, 0.1) is 5.56 Å². The zero-order valence-electron chi connectivity index (χ0n) is 10.00. The Morgan fingerprint density at radius 3 is 2.16 bits per heavy atom. The standard InChI is InChI=1S/C14H12N2O3/c15-14(18)16-11-6-8-12(9-7-11)19-13(17)10-4-2-1-3-5-10/h1-9H,(H3,15,16,18). The average Bonchev–Trinajstić information content (AvgIpc) is 2.41. The summed E-state index contributed by atoms with van der Waals surface area (Å²) in [7, 11) is 0. The van der Waals surface area contributed by atoms with E-state index in [9.17, 15) is 9.59 Å². The second-order valence-corrected chi connectivity index (χ2v) is 3.77. The first-order valence-corrected chi connectivity index (χ1v) is 5.59. The molecule has 2 rings (SSSR count). The summed E-state index contributed by atoms with van der Waals surface area (Å²) in [5.41, 5.74) is 5.99. The van der Waals surface area contributed by atoms with Crippen molar-refractivity contribution in [3.8, 4) is 5.75 Å². The van der Waals surface area contributed by atoms with E-state index in [-0.39, 0.29) is 0 Å². The van der Waals surface area contributed by atoms with Crippen molar-refractivity contribution in [1.29, 1.82) is 0 Å². The van der Waals surface area contributed by atoms with E-state index in [0.29, 0.717) is 17.0 Å². The Morgan fingerprint density at radius 2 is 1.58 bits per heavy atom. The van der Waals surface area contributed by atoms with Crippen LogP contribution >= 0.6 is 0 Å². The summed E-state index contributed by atoms with van der Waals surface area (Å²) < 4.78 is 5.18. The zero-order valence-corrected chi connectivity index (χ0v) is 10.00. The van der Waals surface area contributed by atoms with E-state index in [1.807, 2.05) is 6.07 Å². The van der Waals surface area contributed by atoms with Crippen molar-refractivity contribution >= 4 is 17.7 Å². The maximum absolute atomic E-state index is 11.8. The fourth-order valence-corrected chi connectivity index (χ4v) is 1.49. The Morgan fingerprint density at radius 1 is 0.947 bits per heavy atom. The lowest BCUT2D eigenvalue weighted by atomic mass is 10.2. The highest BCUT2D eigenvalue weighted by Crippen LogP contribution is 2.16. The molecule has 3 N–H and O–H groups in total. The van der Waals surface area contributed by atoms with Crippen molar-refractivity contribution in [2.75, 3.05) is 5.32 Å². The van der Waals surface area contributed by atoms with Crippen LogP contribution in [-0.4, -0.2) is 12.0 Å². The molecule has 2 aromatic carbocycles. The van der Waals surface area contributed by atoms with Crippen molar-refractivity contribution in [2.45, 2.75) is 0 Å². The highest BCUT2D eigenvalue weighted by atomic mass is 16.5. The number of amides is 2. The molecule has 0 heterocycles. The summed E-state index contributed by atoms with van der Waals surface area (Å²) in [4.78, 5) is 22.4. The molecular weight excluding hydrogens is 244 g/mol. The number of esters is 1. The number of ether oxygens (including phenoxy) is 1. The van der Waals surface area contributed by atoms with Crippen LogP contribution in [0, 0.1) is 0 Å². The summed E-state index contributed by atoms with van der Waals surface area (Å²) in [5, 5.41) is 2.42. The van der Waals surface area contributed by atoms with Gasteiger partial charge in [-0.3, -0.25) is 0 Å². The zero-order chi connectivity index (χ0) is 13.7. The molecule has 0 atom stereocenters. The molecule has 0 unspecified atom stereocenters. The molecule has 2 aromatic rings. The van der Waals surface area contributed by atoms with E-state index in [2.05, 4.69) is 5.32 Å². The lowest BCUT2D eigenvalue weighted by Crippen LogP contribution is -2.19. The number of urea groups is 1. The fourth-order valence-electron chi connectivity index (χ4n) is 1.49. The predicted molar refractivity (Wildman–Crippen MR) is 71.0 cm³/mol. The van der Waals surface area contributed by atoms with Crippen LogP contribution in [0.4, 0.5) is 10.5 Å². The Kier molecular flexibility index (Phi) is 3.78. The molecule has 0 spiro atoms. The Hall–Kier alpha value is -2.82. The van der Waals surface area contributed by atoms with Crippen LogP contribution in [0.3, 0.4) is 0 Å². The van der Waals surface area contributed by atoms with E-state index in [0.717, 1.165) is 0 Å². The van der Waals surface area contributed by atoms with Crippen LogP contribution in [0.15, 0.2) is 54.6 Å². The van der Waals surface area contributed by atoms with Crippen molar-refractivity contribution in [1.82, 2.24) is 0 Å². The van der Waals surface area contributed by atoms with Gasteiger partial charge in [-0.05, 0) is 36.4 Å². The van der Waals surface area contributed by atoms with Crippen LogP contribution < -0.4 is 15.8 Å². The largest absolute Gasteiger partial charge is 0.423 e. The van der Waals surface area contributed by atoms with Crippen molar-refractivity contribution in [3.05, 3.63) is 60.2 Å². The van der Waals surface area contributed by atoms with Crippen molar-refractivity contribution in [2.24, 2.45) is 5.73 Å². The van der Waals surface area contributed by atoms with Crippen molar-refractivity contribution in [3.63, 3.8) is 0 Å². The Bertz CT molecular complexity index is 579. The molecule has 0 fully saturated rings. The summed E-state index contributed by atoms with van der Waals surface area (Å²) in [6.07, 6.45) is 0. The lowest BCUT2D eigenvalue weighted by molar-refractivity contribution is 0.0734. The molecule has 0 bridgehead atoms. The van der Waals surface area contributed by atoms with E-state index < -0.39 is 12.0 Å². The molecule has 96 valence electrons. The molecule has 0 aliphatic heterocycles. The maximum atomic E-state index is 11.8. The van der Waals surface area contributed by atoms with Crippen LogP contribution in [0.1, 0.15) is 10.4 Å². The molecule has 0 aliphatic carbocycles. The number of hydrogen-bond donors (Lipinski definition) is 2. The molecule has 0 aliphatic rings. The number of hydrogen-bond acceptors (Lipinski definition) is 3. The summed E-state index contributed by atoms with van der Waals surface area (Å²) in [6.45, 7) is 0. The predicted octanol–water partition coefficient (Wildman–Crippen LogP) is 2.40. The van der Waals surface area contributed by atoms with E-state index in [1.54, 1.807) is 48.5 Å². The number of nitrogens with two attached hydrogens (primary N) is 1. The summed E-state index contributed by atoms with van der Waals surface area (Å²) >= 11 is 0. The fraction of sp³-hybridized carbons (Fsp3) is 0. The Labute approximate surface area is 110 Å². The van der Waals surface area contributed by atoms with Gasteiger partial charge in [0.15, 0.2) is 0 Å². The molecule has 5 nitrogen and oxygen atoms in total. The number of rotatable bonds is 3. The highest BCUT2D eigenvalue weighted by Gasteiger charge is 2.07. The second kappa shape index (κ2) is 5.68. The number of primary amides is 1. The van der Waals surface area contributed by atoms with Gasteiger partial charge in [-0.15, -0.1) is 0 Å². The minimum atomic E-state index is -0.644. The third-order valence-corrected chi connectivity index (χ3v) is 2.34. The number of carbonyl (C=O) groups is 2. The second-order valence-electron chi connectivity index (χ2n) is 3.77. The third kappa shape index (κ3) is 3.57. The lowest BCUT2D eigenvalue weighted by Gasteiger charge is -2.05. The van der Waals surface area contributed by atoms with Gasteiger partial charge in [-0.2, -0.15) is 0 Å². The van der Waals surface area contributed by atoms with E-state index in [4.69, 9.17) is 10.5 Å². The molecule has 0 radical (unpaired) electrons. The molecular formula is C14H12N2O3. The summed E-state index contributed by atoms with van der Waals surface area (Å²) in [5.74, 6) is -0.0416. The monoisotopic (exact) mass is 256 g/mol. The molecule has 0 saturated carbocycles. The number of carbonyl (C=O) groups excluding carboxylic acids is 2. The van der Waals surface area contributed by atoms with Gasteiger partial charge >= 0.3 is 12.0 Å². The number of benzene rings is 2. The van der Waals surface area contributed by atoms with Crippen LogP contribution in [-0.2, 0) is 0 Å². The molecule has 2 amide bonds. The van der Waals surface area contributed by atoms with Gasteiger partial charge < -0.3 is 15.8 Å². The smallest absolute Gasteiger partial charge is 0.343 e. The number of nitrogens with one attached hydrogen (secondary N) is 1. The molecule has 0 saturated heterocycles. The highest BCUT2D eigenvalue weighted by molar-refractivity contribution is 5.91. The SMILES string of the molecule is NC(=O)Nc1ccc(OC(=O)c2ccccc2)cc1. The minimum Gasteiger partial charge on any atom is -0.423 e. The first-order chi connectivity index (χ1) is 9.15.